The van der Waals surface area contributed by atoms with Gasteiger partial charge >= 0.3 is 0 Å². The highest BCUT2D eigenvalue weighted by molar-refractivity contribution is 6.00. The molecule has 20 heavy (non-hydrogen) atoms. The fourth-order valence-electron chi connectivity index (χ4n) is 2.80. The van der Waals surface area contributed by atoms with Gasteiger partial charge in [0.1, 0.15) is 0 Å². The number of nitrogens with one attached hydrogen (secondary N) is 1. The third-order valence-corrected chi connectivity index (χ3v) is 3.89. The number of anilines is 2. The maximum absolute atomic E-state index is 12.0. The van der Waals surface area contributed by atoms with Crippen molar-refractivity contribution in [2.24, 2.45) is 0 Å². The van der Waals surface area contributed by atoms with Crippen molar-refractivity contribution in [3.8, 4) is 0 Å². The Morgan fingerprint density at radius 2 is 2.25 bits per heavy atom. The van der Waals surface area contributed by atoms with E-state index in [4.69, 9.17) is 5.73 Å². The summed E-state index contributed by atoms with van der Waals surface area (Å²) in [5.74, 6) is -0.124. The molecular weight excluding hydrogens is 254 g/mol. The summed E-state index contributed by atoms with van der Waals surface area (Å²) in [5, 5.41) is 12.3. The van der Waals surface area contributed by atoms with Crippen molar-refractivity contribution in [3.63, 3.8) is 0 Å². The van der Waals surface area contributed by atoms with Crippen LogP contribution in [0.4, 0.5) is 11.4 Å². The summed E-state index contributed by atoms with van der Waals surface area (Å²) < 4.78 is 0. The van der Waals surface area contributed by atoms with E-state index in [1.807, 2.05) is 6.07 Å². The summed E-state index contributed by atoms with van der Waals surface area (Å²) in [6.07, 6.45) is 4.28. The normalized spacial score (nSPS) is 19.5. The molecule has 0 bridgehead atoms. The Bertz CT molecular complexity index is 476. The van der Waals surface area contributed by atoms with Gasteiger partial charge in [0.25, 0.3) is 5.91 Å². The van der Waals surface area contributed by atoms with Crippen LogP contribution in [0.25, 0.3) is 0 Å². The molecule has 5 nitrogen and oxygen atoms in total. The Hall–Kier alpha value is -1.75. The number of carbonyl (C=O) groups is 1. The van der Waals surface area contributed by atoms with Gasteiger partial charge in [0.2, 0.25) is 0 Å². The first-order chi connectivity index (χ1) is 9.67. The quantitative estimate of drug-likeness (QED) is 0.729. The van der Waals surface area contributed by atoms with E-state index >= 15 is 0 Å². The van der Waals surface area contributed by atoms with Crippen molar-refractivity contribution in [1.82, 2.24) is 5.32 Å². The molecule has 0 spiro atoms. The second-order valence-electron chi connectivity index (χ2n) is 5.23. The van der Waals surface area contributed by atoms with Crippen molar-refractivity contribution in [1.29, 1.82) is 0 Å². The van der Waals surface area contributed by atoms with Gasteiger partial charge in [-0.15, -0.1) is 0 Å². The predicted octanol–water partition coefficient (Wildman–Crippen LogP) is 1.37. The molecule has 0 saturated carbocycles. The molecule has 1 saturated heterocycles. The number of benzene rings is 1. The Kier molecular flexibility index (Phi) is 4.84. The molecule has 5 heteroatoms. The number of nitrogen functional groups attached to an aromatic ring is 1. The lowest BCUT2D eigenvalue weighted by Gasteiger charge is -2.32. The maximum Gasteiger partial charge on any atom is 0.253 e. The highest BCUT2D eigenvalue weighted by Gasteiger charge is 2.24. The summed E-state index contributed by atoms with van der Waals surface area (Å²) in [4.78, 5) is 14.2. The van der Waals surface area contributed by atoms with Crippen LogP contribution in [0.3, 0.4) is 0 Å². The standard InChI is InChI=1S/C15H23N3O2/c1-17-15(20)13-7-6-11(16)9-14(13)18-8-4-2-3-5-12(18)10-19/h6-7,9,12,19H,2-5,8,10,16H2,1H3,(H,17,20). The number of nitrogens with two attached hydrogens (primary N) is 1. The van der Waals surface area contributed by atoms with Gasteiger partial charge in [-0.1, -0.05) is 12.8 Å². The number of hydrogen-bond donors (Lipinski definition) is 3. The van der Waals surface area contributed by atoms with Gasteiger partial charge in [-0.3, -0.25) is 4.79 Å². The predicted molar refractivity (Wildman–Crippen MR) is 80.9 cm³/mol. The third kappa shape index (κ3) is 3.04. The number of carbonyl (C=O) groups excluding carboxylic acids is 1. The van der Waals surface area contributed by atoms with Crippen molar-refractivity contribution in [3.05, 3.63) is 23.8 Å². The van der Waals surface area contributed by atoms with Crippen LogP contribution in [0, 0.1) is 0 Å². The van der Waals surface area contributed by atoms with Gasteiger partial charge < -0.3 is 21.1 Å². The minimum atomic E-state index is -0.124. The van der Waals surface area contributed by atoms with Gasteiger partial charge in [0, 0.05) is 19.3 Å². The first-order valence-corrected chi connectivity index (χ1v) is 7.16. The number of hydrogen-bond acceptors (Lipinski definition) is 4. The topological polar surface area (TPSA) is 78.6 Å². The van der Waals surface area contributed by atoms with Gasteiger partial charge in [-0.25, -0.2) is 0 Å². The summed E-state index contributed by atoms with van der Waals surface area (Å²) in [7, 11) is 1.62. The van der Waals surface area contributed by atoms with Crippen molar-refractivity contribution in [2.45, 2.75) is 31.7 Å². The monoisotopic (exact) mass is 277 g/mol. The van der Waals surface area contributed by atoms with Crippen molar-refractivity contribution < 1.29 is 9.90 Å². The lowest BCUT2D eigenvalue weighted by molar-refractivity contribution is 0.0963. The van der Waals surface area contributed by atoms with Gasteiger partial charge in [0.15, 0.2) is 0 Å². The molecule has 0 radical (unpaired) electrons. The zero-order valence-electron chi connectivity index (χ0n) is 11.9. The molecule has 4 N–H and O–H groups in total. The number of amides is 1. The first kappa shape index (κ1) is 14.7. The fraction of sp³-hybridized carbons (Fsp3) is 0.533. The van der Waals surface area contributed by atoms with Gasteiger partial charge in [0.05, 0.1) is 23.9 Å². The molecule has 0 aliphatic carbocycles. The molecule has 1 heterocycles. The highest BCUT2D eigenvalue weighted by atomic mass is 16.3. The van der Waals surface area contributed by atoms with Crippen LogP contribution in [0.2, 0.25) is 0 Å². The van der Waals surface area contributed by atoms with E-state index in [-0.39, 0.29) is 18.6 Å². The van der Waals surface area contributed by atoms with Crippen LogP contribution in [0.15, 0.2) is 18.2 Å². The maximum atomic E-state index is 12.0. The number of aliphatic hydroxyl groups is 1. The molecule has 1 unspecified atom stereocenters. The summed E-state index contributed by atoms with van der Waals surface area (Å²) in [6, 6.07) is 5.38. The largest absolute Gasteiger partial charge is 0.399 e. The molecular formula is C15H23N3O2. The minimum absolute atomic E-state index is 0.0581. The molecule has 1 aliphatic heterocycles. The van der Waals surface area contributed by atoms with Crippen molar-refractivity contribution >= 4 is 17.3 Å². The minimum Gasteiger partial charge on any atom is -0.399 e. The molecule has 1 aliphatic rings. The molecule has 1 aromatic carbocycles. The summed E-state index contributed by atoms with van der Waals surface area (Å²) >= 11 is 0. The highest BCUT2D eigenvalue weighted by Crippen LogP contribution is 2.29. The third-order valence-electron chi connectivity index (χ3n) is 3.89. The van der Waals surface area contributed by atoms with E-state index in [2.05, 4.69) is 10.2 Å². The molecule has 1 atom stereocenters. The summed E-state index contributed by atoms with van der Waals surface area (Å²) in [6.45, 7) is 0.945. The Balaban J connectivity index is 2.42. The van der Waals surface area contributed by atoms with Crippen LogP contribution in [0.1, 0.15) is 36.0 Å². The SMILES string of the molecule is CNC(=O)c1ccc(N)cc1N1CCCCCC1CO. The summed E-state index contributed by atoms with van der Waals surface area (Å²) in [5.41, 5.74) is 7.95. The number of rotatable bonds is 3. The fourth-order valence-corrected chi connectivity index (χ4v) is 2.80. The average Bonchev–Trinajstić information content (AvgIpc) is 2.71. The molecule has 0 aromatic heterocycles. The first-order valence-electron chi connectivity index (χ1n) is 7.16. The van der Waals surface area contributed by atoms with E-state index in [9.17, 15) is 9.90 Å². The Morgan fingerprint density at radius 3 is 2.95 bits per heavy atom. The van der Waals surface area contributed by atoms with Gasteiger partial charge in [-0.2, -0.15) is 0 Å². The second-order valence-corrected chi connectivity index (χ2v) is 5.23. The van der Waals surface area contributed by atoms with Gasteiger partial charge in [-0.05, 0) is 31.0 Å². The van der Waals surface area contributed by atoms with Crippen LogP contribution in [-0.2, 0) is 0 Å². The lowest BCUT2D eigenvalue weighted by Crippen LogP contribution is -2.39. The van der Waals surface area contributed by atoms with E-state index in [1.165, 1.54) is 0 Å². The van der Waals surface area contributed by atoms with E-state index < -0.39 is 0 Å². The van der Waals surface area contributed by atoms with Crippen molar-refractivity contribution in [2.75, 3.05) is 30.8 Å². The number of nitrogens with zero attached hydrogens (tertiary/aromatic N) is 1. The zero-order valence-corrected chi connectivity index (χ0v) is 11.9. The molecule has 2 rings (SSSR count). The molecule has 110 valence electrons. The van der Waals surface area contributed by atoms with Crippen LogP contribution in [0.5, 0.6) is 0 Å². The van der Waals surface area contributed by atoms with Crippen LogP contribution < -0.4 is 16.0 Å². The van der Waals surface area contributed by atoms with Crippen LogP contribution >= 0.6 is 0 Å². The van der Waals surface area contributed by atoms with Crippen LogP contribution in [-0.4, -0.2) is 37.3 Å². The second kappa shape index (κ2) is 6.61. The Morgan fingerprint density at radius 1 is 1.45 bits per heavy atom. The molecule has 1 fully saturated rings. The smallest absolute Gasteiger partial charge is 0.253 e. The lowest BCUT2D eigenvalue weighted by atomic mass is 10.1. The number of aliphatic hydroxyl groups excluding tert-OH is 1. The zero-order chi connectivity index (χ0) is 14.5. The molecule has 1 amide bonds. The Labute approximate surface area is 119 Å². The van der Waals surface area contributed by atoms with E-state index in [0.717, 1.165) is 37.9 Å². The molecule has 1 aromatic rings. The van der Waals surface area contributed by atoms with E-state index in [1.54, 1.807) is 19.2 Å². The van der Waals surface area contributed by atoms with E-state index in [0.29, 0.717) is 11.3 Å². The average molecular weight is 277 g/mol.